The molecule has 2 aromatic carbocycles. The van der Waals surface area contributed by atoms with Crippen LogP contribution in [-0.4, -0.2) is 15.9 Å². The Morgan fingerprint density at radius 2 is 1.90 bits per heavy atom. The zero-order valence-corrected chi connectivity index (χ0v) is 18.0. The lowest BCUT2D eigenvalue weighted by atomic mass is 10.0. The van der Waals surface area contributed by atoms with Gasteiger partial charge in [-0.1, -0.05) is 52.8 Å². The minimum absolute atomic E-state index is 0.0963. The molecule has 0 aliphatic heterocycles. The van der Waals surface area contributed by atoms with E-state index in [1.54, 1.807) is 11.1 Å². The summed E-state index contributed by atoms with van der Waals surface area (Å²) in [6.45, 7) is 6.31. The number of aromatic nitrogens is 2. The van der Waals surface area contributed by atoms with Gasteiger partial charge in [0.1, 0.15) is 0 Å². The highest BCUT2D eigenvalue weighted by atomic mass is 35.5. The Kier molecular flexibility index (Phi) is 5.35. The van der Waals surface area contributed by atoms with Crippen LogP contribution in [0.2, 0.25) is 5.02 Å². The van der Waals surface area contributed by atoms with E-state index in [2.05, 4.69) is 4.98 Å². The van der Waals surface area contributed by atoms with E-state index in [9.17, 15) is 4.79 Å². The second-order valence-electron chi connectivity index (χ2n) is 7.07. The van der Waals surface area contributed by atoms with Crippen LogP contribution in [-0.2, 0) is 6.54 Å². The third-order valence-electron chi connectivity index (χ3n) is 4.82. The van der Waals surface area contributed by atoms with E-state index in [-0.39, 0.29) is 5.91 Å². The van der Waals surface area contributed by atoms with Gasteiger partial charge >= 0.3 is 0 Å². The van der Waals surface area contributed by atoms with Gasteiger partial charge in [0.05, 0.1) is 27.5 Å². The molecule has 2 aromatic heterocycles. The monoisotopic (exact) mass is 421 g/mol. The van der Waals surface area contributed by atoms with E-state index in [1.165, 1.54) is 11.3 Å². The summed E-state index contributed by atoms with van der Waals surface area (Å²) in [5, 5.41) is 1.26. The average Bonchev–Trinajstić information content (AvgIpc) is 3.16. The molecule has 0 atom stereocenters. The smallest absolute Gasteiger partial charge is 0.260 e. The normalized spacial score (nSPS) is 11.0. The standard InChI is InChI=1S/C23H20ClN3OS/c1-14-7-9-18(16(3)12-14)22(28)27(13-17-6-4-5-11-25-17)23-26-20-15(2)8-10-19(24)21(20)29-23/h4-12H,13H2,1-3H3. The van der Waals surface area contributed by atoms with E-state index in [0.717, 1.165) is 32.6 Å². The summed E-state index contributed by atoms with van der Waals surface area (Å²) in [7, 11) is 0. The molecule has 0 radical (unpaired) electrons. The number of carbonyl (C=O) groups is 1. The number of fused-ring (bicyclic) bond motifs is 1. The first-order chi connectivity index (χ1) is 13.9. The average molecular weight is 422 g/mol. The summed E-state index contributed by atoms with van der Waals surface area (Å²) in [6.07, 6.45) is 1.73. The number of carbonyl (C=O) groups excluding carboxylic acids is 1. The van der Waals surface area contributed by atoms with Crippen molar-refractivity contribution in [3.8, 4) is 0 Å². The van der Waals surface area contributed by atoms with Crippen LogP contribution in [0.15, 0.2) is 54.7 Å². The molecule has 4 aromatic rings. The Morgan fingerprint density at radius 1 is 1.07 bits per heavy atom. The molecule has 0 spiro atoms. The molecule has 4 rings (SSSR count). The molecule has 0 saturated carbocycles. The molecule has 0 unspecified atom stereocenters. The minimum Gasteiger partial charge on any atom is -0.278 e. The van der Waals surface area contributed by atoms with Crippen LogP contribution in [0.5, 0.6) is 0 Å². The molecular weight excluding hydrogens is 402 g/mol. The fraction of sp³-hybridized carbons (Fsp3) is 0.174. The number of rotatable bonds is 4. The van der Waals surface area contributed by atoms with Crippen molar-refractivity contribution in [3.05, 3.63) is 87.7 Å². The van der Waals surface area contributed by atoms with Gasteiger partial charge in [-0.3, -0.25) is 14.7 Å². The van der Waals surface area contributed by atoms with Crippen LogP contribution in [0.4, 0.5) is 5.13 Å². The zero-order valence-electron chi connectivity index (χ0n) is 16.4. The number of pyridine rings is 1. The predicted octanol–water partition coefficient (Wildman–Crippen LogP) is 6.12. The molecule has 0 fully saturated rings. The van der Waals surface area contributed by atoms with Crippen molar-refractivity contribution >= 4 is 44.2 Å². The summed E-state index contributed by atoms with van der Waals surface area (Å²) in [6, 6.07) is 15.4. The van der Waals surface area contributed by atoms with Crippen molar-refractivity contribution in [1.82, 2.24) is 9.97 Å². The summed E-state index contributed by atoms with van der Waals surface area (Å²) in [5.41, 5.74) is 5.39. The highest BCUT2D eigenvalue weighted by Gasteiger charge is 2.24. The van der Waals surface area contributed by atoms with Crippen LogP contribution in [0, 0.1) is 20.8 Å². The number of hydrogen-bond acceptors (Lipinski definition) is 4. The second-order valence-corrected chi connectivity index (χ2v) is 8.45. The number of thiazole rings is 1. The van der Waals surface area contributed by atoms with Gasteiger partial charge in [-0.25, -0.2) is 4.98 Å². The van der Waals surface area contributed by atoms with Gasteiger partial charge in [0.15, 0.2) is 5.13 Å². The fourth-order valence-electron chi connectivity index (χ4n) is 3.29. The maximum absolute atomic E-state index is 13.6. The van der Waals surface area contributed by atoms with Crippen molar-refractivity contribution in [3.63, 3.8) is 0 Å². The fourth-order valence-corrected chi connectivity index (χ4v) is 4.60. The van der Waals surface area contributed by atoms with E-state index in [1.807, 2.05) is 69.3 Å². The van der Waals surface area contributed by atoms with Gasteiger partial charge in [-0.05, 0) is 56.2 Å². The maximum Gasteiger partial charge on any atom is 0.260 e. The van der Waals surface area contributed by atoms with Crippen molar-refractivity contribution in [2.45, 2.75) is 27.3 Å². The van der Waals surface area contributed by atoms with Gasteiger partial charge in [-0.2, -0.15) is 0 Å². The van der Waals surface area contributed by atoms with Crippen LogP contribution in [0.25, 0.3) is 10.2 Å². The Morgan fingerprint density at radius 3 is 2.59 bits per heavy atom. The first-order valence-corrected chi connectivity index (χ1v) is 10.5. The second kappa shape index (κ2) is 7.93. The molecule has 146 valence electrons. The highest BCUT2D eigenvalue weighted by Crippen LogP contribution is 2.36. The van der Waals surface area contributed by atoms with Crippen LogP contribution in [0.3, 0.4) is 0 Å². The molecule has 6 heteroatoms. The van der Waals surface area contributed by atoms with Crippen molar-refractivity contribution in [2.24, 2.45) is 0 Å². The van der Waals surface area contributed by atoms with E-state index >= 15 is 0 Å². The lowest BCUT2D eigenvalue weighted by molar-refractivity contribution is 0.0984. The molecule has 4 nitrogen and oxygen atoms in total. The summed E-state index contributed by atoms with van der Waals surface area (Å²) >= 11 is 7.83. The largest absolute Gasteiger partial charge is 0.278 e. The van der Waals surface area contributed by atoms with E-state index in [4.69, 9.17) is 16.6 Å². The van der Waals surface area contributed by atoms with E-state index < -0.39 is 0 Å². The number of amides is 1. The van der Waals surface area contributed by atoms with Crippen LogP contribution < -0.4 is 4.90 Å². The lowest BCUT2D eigenvalue weighted by Crippen LogP contribution is -2.31. The summed E-state index contributed by atoms with van der Waals surface area (Å²) < 4.78 is 0.890. The number of anilines is 1. The van der Waals surface area contributed by atoms with Gasteiger partial charge in [-0.15, -0.1) is 0 Å². The number of halogens is 1. The minimum atomic E-state index is -0.0963. The maximum atomic E-state index is 13.6. The summed E-state index contributed by atoms with van der Waals surface area (Å²) in [4.78, 5) is 24.4. The topological polar surface area (TPSA) is 46.1 Å². The highest BCUT2D eigenvalue weighted by molar-refractivity contribution is 7.23. The molecule has 0 aliphatic carbocycles. The number of benzene rings is 2. The SMILES string of the molecule is Cc1ccc(C(=O)N(Cc2ccccn2)c2nc3c(C)ccc(Cl)c3s2)c(C)c1. The van der Waals surface area contributed by atoms with Crippen molar-refractivity contribution in [2.75, 3.05) is 4.90 Å². The predicted molar refractivity (Wildman–Crippen MR) is 120 cm³/mol. The molecule has 1 amide bonds. The van der Waals surface area contributed by atoms with Gasteiger partial charge < -0.3 is 0 Å². The molecule has 0 saturated heterocycles. The summed E-state index contributed by atoms with van der Waals surface area (Å²) in [5.74, 6) is -0.0963. The van der Waals surface area contributed by atoms with Gasteiger partial charge in [0, 0.05) is 11.8 Å². The Bertz CT molecular complexity index is 1160. The molecule has 0 bridgehead atoms. The first kappa shape index (κ1) is 19.6. The molecule has 0 N–H and O–H groups in total. The number of nitrogens with zero attached hydrogens (tertiary/aromatic N) is 3. The Balaban J connectivity index is 1.83. The van der Waals surface area contributed by atoms with Gasteiger partial charge in [0.25, 0.3) is 5.91 Å². The molecule has 2 heterocycles. The zero-order chi connectivity index (χ0) is 20.5. The van der Waals surface area contributed by atoms with Gasteiger partial charge in [0.2, 0.25) is 0 Å². The Labute approximate surface area is 178 Å². The van der Waals surface area contributed by atoms with Crippen molar-refractivity contribution in [1.29, 1.82) is 0 Å². The van der Waals surface area contributed by atoms with Crippen LogP contribution in [0.1, 0.15) is 32.7 Å². The molecule has 0 aliphatic rings. The Hall–Kier alpha value is -2.76. The first-order valence-electron chi connectivity index (χ1n) is 9.28. The number of hydrogen-bond donors (Lipinski definition) is 0. The van der Waals surface area contributed by atoms with Crippen LogP contribution >= 0.6 is 22.9 Å². The molecule has 29 heavy (non-hydrogen) atoms. The quantitative estimate of drug-likeness (QED) is 0.399. The third kappa shape index (κ3) is 3.88. The third-order valence-corrected chi connectivity index (χ3v) is 6.36. The lowest BCUT2D eigenvalue weighted by Gasteiger charge is -2.20. The van der Waals surface area contributed by atoms with E-state index in [0.29, 0.717) is 22.3 Å². The molecular formula is C23H20ClN3OS. The van der Waals surface area contributed by atoms with Crippen molar-refractivity contribution < 1.29 is 4.79 Å². The number of aryl methyl sites for hydroxylation is 3.